The molecule has 0 saturated heterocycles. The van der Waals surface area contributed by atoms with E-state index in [2.05, 4.69) is 17.5 Å². The Hall–Kier alpha value is -1.84. The highest BCUT2D eigenvalue weighted by molar-refractivity contribution is 5.82. The van der Waals surface area contributed by atoms with Crippen molar-refractivity contribution in [2.75, 3.05) is 7.11 Å². The normalized spacial score (nSPS) is 10.7. The fraction of sp³-hybridized carbons (Fsp3) is 0.500. The minimum absolute atomic E-state index is 0.0220. The number of carbonyl (C=O) groups is 1. The summed E-state index contributed by atoms with van der Waals surface area (Å²) in [7, 11) is 1.63. The zero-order valence-electron chi connectivity index (χ0n) is 12.4. The van der Waals surface area contributed by atoms with E-state index in [9.17, 15) is 4.79 Å². The molecule has 0 unspecified atom stereocenters. The minimum Gasteiger partial charge on any atom is -0.497 e. The predicted molar refractivity (Wildman–Crippen MR) is 82.1 cm³/mol. The van der Waals surface area contributed by atoms with Gasteiger partial charge in [-0.1, -0.05) is 32.6 Å². The molecule has 4 heteroatoms. The van der Waals surface area contributed by atoms with Crippen molar-refractivity contribution < 1.29 is 9.53 Å². The van der Waals surface area contributed by atoms with Crippen LogP contribution in [0.2, 0.25) is 0 Å². The molecule has 0 bridgehead atoms. The van der Waals surface area contributed by atoms with Crippen LogP contribution in [-0.4, -0.2) is 19.2 Å². The number of carbonyl (C=O) groups excluding carboxylic acids is 1. The smallest absolute Gasteiger partial charge is 0.240 e. The van der Waals surface area contributed by atoms with Crippen molar-refractivity contribution in [3.05, 3.63) is 29.8 Å². The van der Waals surface area contributed by atoms with Crippen molar-refractivity contribution in [1.29, 1.82) is 0 Å². The van der Waals surface area contributed by atoms with Gasteiger partial charge in [0.2, 0.25) is 5.91 Å². The van der Waals surface area contributed by atoms with Crippen molar-refractivity contribution in [1.82, 2.24) is 5.43 Å². The van der Waals surface area contributed by atoms with Crippen LogP contribution in [0.1, 0.15) is 51.0 Å². The first-order chi connectivity index (χ1) is 9.76. The van der Waals surface area contributed by atoms with E-state index >= 15 is 0 Å². The van der Waals surface area contributed by atoms with Crippen LogP contribution >= 0.6 is 0 Å². The molecule has 1 N–H and O–H groups in total. The van der Waals surface area contributed by atoms with E-state index in [4.69, 9.17) is 4.74 Å². The molecule has 0 aromatic heterocycles. The van der Waals surface area contributed by atoms with Gasteiger partial charge in [-0.15, -0.1) is 0 Å². The number of amides is 1. The third kappa shape index (κ3) is 6.92. The highest BCUT2D eigenvalue weighted by Gasteiger charge is 1.98. The van der Waals surface area contributed by atoms with E-state index in [1.807, 2.05) is 24.3 Å². The monoisotopic (exact) mass is 276 g/mol. The molecule has 0 aliphatic heterocycles. The van der Waals surface area contributed by atoms with E-state index in [0.29, 0.717) is 6.42 Å². The van der Waals surface area contributed by atoms with Crippen LogP contribution in [-0.2, 0) is 4.79 Å². The second-order valence-electron chi connectivity index (χ2n) is 4.73. The summed E-state index contributed by atoms with van der Waals surface area (Å²) < 4.78 is 5.07. The SMILES string of the molecule is CCCCCCCC(=O)NN=Cc1ccc(OC)cc1. The Morgan fingerprint density at radius 2 is 1.90 bits per heavy atom. The van der Waals surface area contributed by atoms with Crippen LogP contribution in [0.3, 0.4) is 0 Å². The molecule has 0 spiro atoms. The second-order valence-corrected chi connectivity index (χ2v) is 4.73. The van der Waals surface area contributed by atoms with Gasteiger partial charge in [0.1, 0.15) is 5.75 Å². The van der Waals surface area contributed by atoms with Crippen LogP contribution in [0.25, 0.3) is 0 Å². The Kier molecular flexibility index (Phi) is 8.11. The van der Waals surface area contributed by atoms with E-state index in [0.717, 1.165) is 24.2 Å². The number of rotatable bonds is 9. The Bertz CT molecular complexity index is 413. The second kappa shape index (κ2) is 10.0. The quantitative estimate of drug-likeness (QED) is 0.426. The molecule has 0 aliphatic rings. The highest BCUT2D eigenvalue weighted by atomic mass is 16.5. The molecular weight excluding hydrogens is 252 g/mol. The summed E-state index contributed by atoms with van der Waals surface area (Å²) in [5.41, 5.74) is 3.47. The van der Waals surface area contributed by atoms with E-state index in [1.54, 1.807) is 13.3 Å². The Morgan fingerprint density at radius 1 is 1.20 bits per heavy atom. The first-order valence-corrected chi connectivity index (χ1v) is 7.22. The van der Waals surface area contributed by atoms with E-state index in [-0.39, 0.29) is 5.91 Å². The zero-order valence-corrected chi connectivity index (χ0v) is 12.4. The van der Waals surface area contributed by atoms with Gasteiger partial charge in [-0.3, -0.25) is 4.79 Å². The number of hydrogen-bond acceptors (Lipinski definition) is 3. The Labute approximate surface area is 121 Å². The topological polar surface area (TPSA) is 50.7 Å². The molecule has 20 heavy (non-hydrogen) atoms. The van der Waals surface area contributed by atoms with Crippen molar-refractivity contribution in [2.24, 2.45) is 5.10 Å². The molecule has 0 atom stereocenters. The molecule has 0 fully saturated rings. The third-order valence-electron chi connectivity index (χ3n) is 3.03. The fourth-order valence-electron chi connectivity index (χ4n) is 1.81. The number of ether oxygens (including phenoxy) is 1. The molecule has 1 amide bonds. The van der Waals surface area contributed by atoms with Crippen LogP contribution < -0.4 is 10.2 Å². The van der Waals surface area contributed by atoms with Crippen molar-refractivity contribution >= 4 is 12.1 Å². The first kappa shape index (κ1) is 16.2. The van der Waals surface area contributed by atoms with Gasteiger partial charge >= 0.3 is 0 Å². The fourth-order valence-corrected chi connectivity index (χ4v) is 1.81. The van der Waals surface area contributed by atoms with Crippen LogP contribution in [0.5, 0.6) is 5.75 Å². The van der Waals surface area contributed by atoms with Gasteiger partial charge in [-0.25, -0.2) is 5.43 Å². The van der Waals surface area contributed by atoms with Crippen LogP contribution in [0.4, 0.5) is 0 Å². The molecule has 0 heterocycles. The standard InChI is InChI=1S/C16H24N2O2/c1-3-4-5-6-7-8-16(19)18-17-13-14-9-11-15(20-2)12-10-14/h9-13H,3-8H2,1-2H3,(H,18,19). The first-order valence-electron chi connectivity index (χ1n) is 7.22. The maximum absolute atomic E-state index is 11.5. The lowest BCUT2D eigenvalue weighted by Crippen LogP contribution is -2.16. The maximum atomic E-state index is 11.5. The summed E-state index contributed by atoms with van der Waals surface area (Å²) in [6, 6.07) is 7.49. The summed E-state index contributed by atoms with van der Waals surface area (Å²) in [5.74, 6) is 0.782. The van der Waals surface area contributed by atoms with Crippen LogP contribution in [0, 0.1) is 0 Å². The zero-order chi connectivity index (χ0) is 14.6. The predicted octanol–water partition coefficient (Wildman–Crippen LogP) is 3.51. The van der Waals surface area contributed by atoms with E-state index < -0.39 is 0 Å². The average Bonchev–Trinajstić information content (AvgIpc) is 2.48. The molecule has 0 radical (unpaired) electrons. The minimum atomic E-state index is -0.0220. The molecule has 1 aromatic rings. The average molecular weight is 276 g/mol. The van der Waals surface area contributed by atoms with Crippen molar-refractivity contribution in [3.8, 4) is 5.75 Å². The summed E-state index contributed by atoms with van der Waals surface area (Å²) in [6.07, 6.45) is 7.90. The molecule has 110 valence electrons. The van der Waals surface area contributed by atoms with Crippen molar-refractivity contribution in [3.63, 3.8) is 0 Å². The van der Waals surface area contributed by atoms with E-state index in [1.165, 1.54) is 19.3 Å². The number of methoxy groups -OCH3 is 1. The van der Waals surface area contributed by atoms with Crippen molar-refractivity contribution in [2.45, 2.75) is 45.4 Å². The number of nitrogens with one attached hydrogen (secondary N) is 1. The Morgan fingerprint density at radius 3 is 2.55 bits per heavy atom. The van der Waals surface area contributed by atoms with Gasteiger partial charge in [0, 0.05) is 6.42 Å². The largest absolute Gasteiger partial charge is 0.497 e. The van der Waals surface area contributed by atoms with Gasteiger partial charge in [-0.05, 0) is 36.2 Å². The third-order valence-corrected chi connectivity index (χ3v) is 3.03. The van der Waals surface area contributed by atoms with Gasteiger partial charge in [0.15, 0.2) is 0 Å². The van der Waals surface area contributed by atoms with Gasteiger partial charge in [-0.2, -0.15) is 5.10 Å². The molecule has 1 aromatic carbocycles. The highest BCUT2D eigenvalue weighted by Crippen LogP contribution is 2.09. The number of nitrogens with zero attached hydrogens (tertiary/aromatic N) is 1. The lowest BCUT2D eigenvalue weighted by atomic mass is 10.1. The van der Waals surface area contributed by atoms with Gasteiger partial charge < -0.3 is 4.74 Å². The van der Waals surface area contributed by atoms with Gasteiger partial charge in [0.25, 0.3) is 0 Å². The lowest BCUT2D eigenvalue weighted by Gasteiger charge is -2.01. The number of benzene rings is 1. The summed E-state index contributed by atoms with van der Waals surface area (Å²) in [5, 5.41) is 3.95. The number of unbranched alkanes of at least 4 members (excludes halogenated alkanes) is 4. The summed E-state index contributed by atoms with van der Waals surface area (Å²) in [4.78, 5) is 11.5. The maximum Gasteiger partial charge on any atom is 0.240 e. The molecule has 0 aliphatic carbocycles. The summed E-state index contributed by atoms with van der Waals surface area (Å²) >= 11 is 0. The van der Waals surface area contributed by atoms with Crippen LogP contribution in [0.15, 0.2) is 29.4 Å². The molecular formula is C16H24N2O2. The molecule has 0 saturated carbocycles. The molecule has 4 nitrogen and oxygen atoms in total. The molecule has 1 rings (SSSR count). The van der Waals surface area contributed by atoms with Gasteiger partial charge in [0.05, 0.1) is 13.3 Å². The number of hydrazone groups is 1. The lowest BCUT2D eigenvalue weighted by molar-refractivity contribution is -0.121. The number of hydrogen-bond donors (Lipinski definition) is 1. The summed E-state index contributed by atoms with van der Waals surface area (Å²) in [6.45, 7) is 2.18. The Balaban J connectivity index is 2.20.